The maximum atomic E-state index is 13.6. The van der Waals surface area contributed by atoms with Crippen molar-refractivity contribution in [2.45, 2.75) is 58.5 Å². The van der Waals surface area contributed by atoms with E-state index in [1.54, 1.807) is 12.2 Å². The first kappa shape index (κ1) is 24.5. The predicted molar refractivity (Wildman–Crippen MR) is 116 cm³/mol. The molecule has 1 aliphatic heterocycles. The van der Waals surface area contributed by atoms with Crippen molar-refractivity contribution in [2.75, 3.05) is 13.2 Å². The highest BCUT2D eigenvalue weighted by Gasteiger charge is 2.35. The van der Waals surface area contributed by atoms with E-state index < -0.39 is 17.4 Å². The van der Waals surface area contributed by atoms with Gasteiger partial charge in [0.05, 0.1) is 5.56 Å². The van der Waals surface area contributed by atoms with Crippen molar-refractivity contribution >= 4 is 22.8 Å². The minimum absolute atomic E-state index is 0.0817. The second-order valence-corrected chi connectivity index (χ2v) is 7.88. The number of amides is 2. The number of nitrogens with zero attached hydrogens (tertiary/aromatic N) is 1. The number of likely N-dealkylation sites (tertiary alicyclic amines) is 1. The standard InChI is InChI=1S/C24H26F3NO5/c1-3-7-15-13-17-18(24(25,26)27)14-21(31)33-23(17)16(8-4-2)22(15)32-12-6-5-11-28-19(29)9-10-20(28)30/h5-6,13-14H,3-4,7-12H2,1-2H3. The third kappa shape index (κ3) is 5.46. The van der Waals surface area contributed by atoms with Gasteiger partial charge in [0.2, 0.25) is 11.8 Å². The Morgan fingerprint density at radius 1 is 1.03 bits per heavy atom. The first-order valence-corrected chi connectivity index (χ1v) is 11.0. The van der Waals surface area contributed by atoms with E-state index in [4.69, 9.17) is 9.15 Å². The van der Waals surface area contributed by atoms with E-state index >= 15 is 0 Å². The Hall–Kier alpha value is -3.10. The Labute approximate surface area is 189 Å². The molecular formula is C24H26F3NO5. The molecule has 2 aromatic rings. The number of benzene rings is 1. The average molecular weight is 465 g/mol. The second kappa shape index (κ2) is 10.2. The van der Waals surface area contributed by atoms with Crippen molar-refractivity contribution in [1.29, 1.82) is 0 Å². The fraction of sp³-hybridized carbons (Fsp3) is 0.458. The molecule has 1 fully saturated rings. The SMILES string of the molecule is CCCc1cc2c(C(F)(F)F)cc(=O)oc2c(CCC)c1OCC=CCN1C(=O)CCC1=O. The highest BCUT2D eigenvalue weighted by Crippen LogP contribution is 2.40. The van der Waals surface area contributed by atoms with Gasteiger partial charge < -0.3 is 9.15 Å². The van der Waals surface area contributed by atoms with Gasteiger partial charge in [0.25, 0.3) is 0 Å². The van der Waals surface area contributed by atoms with Crippen LogP contribution in [0.1, 0.15) is 56.2 Å². The molecule has 0 N–H and O–H groups in total. The fourth-order valence-electron chi connectivity index (χ4n) is 3.96. The van der Waals surface area contributed by atoms with Crippen LogP contribution >= 0.6 is 0 Å². The zero-order valence-corrected chi connectivity index (χ0v) is 18.6. The molecule has 0 unspecified atom stereocenters. The van der Waals surface area contributed by atoms with E-state index in [1.807, 2.05) is 13.8 Å². The van der Waals surface area contributed by atoms with Crippen LogP contribution in [0.2, 0.25) is 0 Å². The number of hydrogen-bond donors (Lipinski definition) is 0. The molecule has 0 aliphatic carbocycles. The van der Waals surface area contributed by atoms with Gasteiger partial charge in [0.15, 0.2) is 0 Å². The number of hydrogen-bond acceptors (Lipinski definition) is 5. The number of carbonyl (C=O) groups excluding carboxylic acids is 2. The van der Waals surface area contributed by atoms with Gasteiger partial charge in [-0.3, -0.25) is 14.5 Å². The van der Waals surface area contributed by atoms with Crippen LogP contribution in [0.15, 0.2) is 33.5 Å². The number of rotatable bonds is 9. The molecule has 2 amide bonds. The molecule has 1 aromatic heterocycles. The number of halogens is 3. The normalized spacial score (nSPS) is 14.8. The van der Waals surface area contributed by atoms with Crippen LogP contribution in [-0.2, 0) is 28.6 Å². The Balaban J connectivity index is 1.97. The topological polar surface area (TPSA) is 76.8 Å². The summed E-state index contributed by atoms with van der Waals surface area (Å²) in [4.78, 5) is 36.5. The quantitative estimate of drug-likeness (QED) is 0.302. The van der Waals surface area contributed by atoms with Crippen molar-refractivity contribution in [3.8, 4) is 5.75 Å². The van der Waals surface area contributed by atoms with Gasteiger partial charge in [-0.15, -0.1) is 0 Å². The predicted octanol–water partition coefficient (Wildman–Crippen LogP) is 4.80. The van der Waals surface area contributed by atoms with Crippen LogP contribution in [0.5, 0.6) is 5.75 Å². The van der Waals surface area contributed by atoms with E-state index in [0.717, 1.165) is 0 Å². The van der Waals surface area contributed by atoms with Gasteiger partial charge >= 0.3 is 11.8 Å². The van der Waals surface area contributed by atoms with Crippen molar-refractivity contribution in [1.82, 2.24) is 4.90 Å². The number of fused-ring (bicyclic) bond motifs is 1. The number of alkyl halides is 3. The number of imide groups is 1. The Kier molecular flexibility index (Phi) is 7.61. The smallest absolute Gasteiger partial charge is 0.417 e. The second-order valence-electron chi connectivity index (χ2n) is 7.88. The van der Waals surface area contributed by atoms with Gasteiger partial charge in [-0.1, -0.05) is 32.8 Å². The first-order chi connectivity index (χ1) is 15.7. The molecular weight excluding hydrogens is 439 g/mol. The third-order valence-corrected chi connectivity index (χ3v) is 5.42. The van der Waals surface area contributed by atoms with Crippen LogP contribution in [0, 0.1) is 0 Å². The average Bonchev–Trinajstić information content (AvgIpc) is 3.06. The molecule has 2 heterocycles. The van der Waals surface area contributed by atoms with E-state index in [9.17, 15) is 27.6 Å². The van der Waals surface area contributed by atoms with Gasteiger partial charge in [-0.25, -0.2) is 4.79 Å². The summed E-state index contributed by atoms with van der Waals surface area (Å²) in [6, 6.07) is 1.88. The van der Waals surface area contributed by atoms with Gasteiger partial charge in [-0.05, 0) is 30.5 Å². The lowest BCUT2D eigenvalue weighted by atomic mass is 9.96. The van der Waals surface area contributed by atoms with Gasteiger partial charge in [0, 0.05) is 36.4 Å². The molecule has 0 atom stereocenters. The van der Waals surface area contributed by atoms with Crippen molar-refractivity contribution in [3.63, 3.8) is 0 Å². The Morgan fingerprint density at radius 3 is 2.30 bits per heavy atom. The number of aryl methyl sites for hydroxylation is 2. The van der Waals surface area contributed by atoms with E-state index in [1.165, 1.54) is 11.0 Å². The summed E-state index contributed by atoms with van der Waals surface area (Å²) in [5, 5.41) is -0.150. The summed E-state index contributed by atoms with van der Waals surface area (Å²) in [7, 11) is 0. The lowest BCUT2D eigenvalue weighted by Crippen LogP contribution is -2.29. The van der Waals surface area contributed by atoms with Crippen LogP contribution in [0.3, 0.4) is 0 Å². The van der Waals surface area contributed by atoms with Crippen molar-refractivity contribution in [2.24, 2.45) is 0 Å². The lowest BCUT2D eigenvalue weighted by molar-refractivity contribution is -0.138. The van der Waals surface area contributed by atoms with Crippen LogP contribution in [-0.4, -0.2) is 29.9 Å². The molecule has 3 rings (SSSR count). The van der Waals surface area contributed by atoms with E-state index in [2.05, 4.69) is 0 Å². The molecule has 0 radical (unpaired) electrons. The molecule has 0 saturated carbocycles. The summed E-state index contributed by atoms with van der Waals surface area (Å²) in [6.45, 7) is 4.01. The molecule has 9 heteroatoms. The van der Waals surface area contributed by atoms with Gasteiger partial charge in [-0.2, -0.15) is 13.2 Å². The molecule has 1 saturated heterocycles. The molecule has 6 nitrogen and oxygen atoms in total. The zero-order chi connectivity index (χ0) is 24.2. The lowest BCUT2D eigenvalue weighted by Gasteiger charge is -2.19. The Bertz CT molecular complexity index is 1120. The highest BCUT2D eigenvalue weighted by atomic mass is 19.4. The van der Waals surface area contributed by atoms with E-state index in [-0.39, 0.29) is 48.8 Å². The highest BCUT2D eigenvalue weighted by molar-refractivity contribution is 6.02. The molecule has 1 aliphatic rings. The molecule has 0 spiro atoms. The Morgan fingerprint density at radius 2 is 1.70 bits per heavy atom. The monoisotopic (exact) mass is 465 g/mol. The maximum absolute atomic E-state index is 13.6. The summed E-state index contributed by atoms with van der Waals surface area (Å²) in [5.41, 5.74) is -1.16. The fourth-order valence-corrected chi connectivity index (χ4v) is 3.96. The number of carbonyl (C=O) groups is 2. The summed E-state index contributed by atoms with van der Waals surface area (Å²) >= 11 is 0. The van der Waals surface area contributed by atoms with Crippen molar-refractivity contribution in [3.05, 3.63) is 51.4 Å². The zero-order valence-electron chi connectivity index (χ0n) is 18.6. The molecule has 178 valence electrons. The van der Waals surface area contributed by atoms with Gasteiger partial charge in [0.1, 0.15) is 17.9 Å². The molecule has 1 aromatic carbocycles. The van der Waals surface area contributed by atoms with Crippen LogP contribution in [0.4, 0.5) is 13.2 Å². The molecule has 33 heavy (non-hydrogen) atoms. The number of ether oxygens (including phenoxy) is 1. The minimum atomic E-state index is -4.70. The third-order valence-electron chi connectivity index (χ3n) is 5.42. The van der Waals surface area contributed by atoms with Crippen LogP contribution < -0.4 is 10.4 Å². The van der Waals surface area contributed by atoms with E-state index in [0.29, 0.717) is 48.6 Å². The summed E-state index contributed by atoms with van der Waals surface area (Å²) in [5.74, 6) is -0.0243. The van der Waals surface area contributed by atoms with Crippen LogP contribution in [0.25, 0.3) is 11.0 Å². The molecule has 0 bridgehead atoms. The summed E-state index contributed by atoms with van der Waals surface area (Å²) in [6.07, 6.45) is 1.17. The van der Waals surface area contributed by atoms with Crippen molar-refractivity contribution < 1.29 is 31.9 Å². The first-order valence-electron chi connectivity index (χ1n) is 11.0. The minimum Gasteiger partial charge on any atom is -0.489 e. The maximum Gasteiger partial charge on any atom is 0.417 e. The largest absolute Gasteiger partial charge is 0.489 e. The summed E-state index contributed by atoms with van der Waals surface area (Å²) < 4.78 is 52.1.